The third-order valence-corrected chi connectivity index (χ3v) is 12.6. The number of fused-ring (bicyclic) bond motifs is 7. The predicted octanol–water partition coefficient (Wildman–Crippen LogP) is 16.8. The lowest BCUT2D eigenvalue weighted by Gasteiger charge is -2.31. The molecule has 0 bridgehead atoms. The van der Waals surface area contributed by atoms with E-state index < -0.39 is 0 Å². The molecule has 10 aromatic carbocycles. The third-order valence-electron chi connectivity index (χ3n) is 12.6. The van der Waals surface area contributed by atoms with E-state index in [1.165, 1.54) is 49.4 Å². The van der Waals surface area contributed by atoms with Gasteiger partial charge in [-0.05, 0) is 81.9 Å². The molecule has 0 fully saturated rings. The molecule has 1 N–H and O–H groups in total. The average molecular weight is 793 g/mol. The van der Waals surface area contributed by atoms with E-state index >= 15 is 0 Å². The highest BCUT2D eigenvalue weighted by Crippen LogP contribution is 2.49. The van der Waals surface area contributed by atoms with Crippen LogP contribution < -0.4 is 4.90 Å². The van der Waals surface area contributed by atoms with E-state index in [0.717, 1.165) is 72.3 Å². The molecule has 0 aliphatic rings. The van der Waals surface area contributed by atoms with Crippen LogP contribution in [-0.2, 0) is 0 Å². The largest absolute Gasteiger partial charge is 0.455 e. The average Bonchev–Trinajstić information content (AvgIpc) is 3.91. The maximum Gasteiger partial charge on any atom is 0.143 e. The van der Waals surface area contributed by atoms with E-state index in [4.69, 9.17) is 4.42 Å². The van der Waals surface area contributed by atoms with E-state index in [0.29, 0.717) is 0 Å². The fraction of sp³-hybridized carbons (Fsp3) is 0.0169. The standard InChI is InChI=1S/C59H40N2O/c1-38-17-2-4-20-41(38)53-37-40(35-36-44(53)49-27-15-28-50-45-22-6-10-31-54(45)60-58(49)50)61(55-32-11-7-23-46(55)43-26-14-19-39-18-3-5-21-42(39)43)56-33-12-8-24-47(56)51-29-16-30-52-48-25-9-13-34-57(48)62-59(51)52/h2-37,60H,1H3. The summed E-state index contributed by atoms with van der Waals surface area (Å²) in [4.78, 5) is 6.26. The number of para-hydroxylation sites is 6. The monoisotopic (exact) mass is 792 g/mol. The van der Waals surface area contributed by atoms with Gasteiger partial charge >= 0.3 is 0 Å². The van der Waals surface area contributed by atoms with Gasteiger partial charge < -0.3 is 14.3 Å². The minimum Gasteiger partial charge on any atom is -0.455 e. The molecule has 0 spiro atoms. The molecule has 0 saturated carbocycles. The first kappa shape index (κ1) is 35.8. The summed E-state index contributed by atoms with van der Waals surface area (Å²) in [5, 5.41) is 7.09. The number of nitrogens with one attached hydrogen (secondary N) is 1. The molecule has 0 amide bonds. The summed E-state index contributed by atoms with van der Waals surface area (Å²) in [7, 11) is 0. The van der Waals surface area contributed by atoms with Gasteiger partial charge in [-0.15, -0.1) is 0 Å². The van der Waals surface area contributed by atoms with Crippen LogP contribution in [0.3, 0.4) is 0 Å². The van der Waals surface area contributed by atoms with Crippen LogP contribution >= 0.6 is 0 Å². The summed E-state index contributed by atoms with van der Waals surface area (Å²) < 4.78 is 6.72. The zero-order valence-electron chi connectivity index (χ0n) is 34.1. The Kier molecular flexibility index (Phi) is 8.39. The van der Waals surface area contributed by atoms with Crippen molar-refractivity contribution in [2.24, 2.45) is 0 Å². The smallest absolute Gasteiger partial charge is 0.143 e. The molecule has 2 heterocycles. The van der Waals surface area contributed by atoms with Gasteiger partial charge in [0.25, 0.3) is 0 Å². The summed E-state index contributed by atoms with van der Waals surface area (Å²) in [6, 6.07) is 78.8. The molecule has 0 unspecified atom stereocenters. The number of hydrogen-bond acceptors (Lipinski definition) is 2. The molecule has 0 aliphatic carbocycles. The number of hydrogen-bond donors (Lipinski definition) is 1. The van der Waals surface area contributed by atoms with E-state index in [1.807, 2.05) is 6.07 Å². The molecular weight excluding hydrogens is 753 g/mol. The molecular formula is C59H40N2O. The Balaban J connectivity index is 1.15. The topological polar surface area (TPSA) is 32.2 Å². The second kappa shape index (κ2) is 14.5. The zero-order chi connectivity index (χ0) is 41.1. The minimum absolute atomic E-state index is 0.880. The highest BCUT2D eigenvalue weighted by atomic mass is 16.3. The third kappa shape index (κ3) is 5.74. The Morgan fingerprint density at radius 2 is 0.935 bits per heavy atom. The van der Waals surface area contributed by atoms with E-state index in [9.17, 15) is 0 Å². The van der Waals surface area contributed by atoms with Crippen LogP contribution in [0.5, 0.6) is 0 Å². The van der Waals surface area contributed by atoms with Gasteiger partial charge in [0.15, 0.2) is 0 Å². The molecule has 0 radical (unpaired) electrons. The van der Waals surface area contributed by atoms with Gasteiger partial charge in [0.2, 0.25) is 0 Å². The number of aromatic nitrogens is 1. The Morgan fingerprint density at radius 3 is 1.76 bits per heavy atom. The van der Waals surface area contributed by atoms with Gasteiger partial charge in [-0.2, -0.15) is 0 Å². The first-order chi connectivity index (χ1) is 30.7. The van der Waals surface area contributed by atoms with Gasteiger partial charge in [-0.3, -0.25) is 0 Å². The normalized spacial score (nSPS) is 11.6. The number of aryl methyl sites for hydroxylation is 1. The van der Waals surface area contributed by atoms with E-state index in [1.54, 1.807) is 0 Å². The van der Waals surface area contributed by atoms with Crippen LogP contribution in [0, 0.1) is 6.92 Å². The van der Waals surface area contributed by atoms with Gasteiger partial charge in [-0.25, -0.2) is 0 Å². The molecule has 2 aromatic heterocycles. The molecule has 0 aliphatic heterocycles. The maximum atomic E-state index is 6.72. The van der Waals surface area contributed by atoms with Crippen molar-refractivity contribution in [3.63, 3.8) is 0 Å². The van der Waals surface area contributed by atoms with Crippen molar-refractivity contribution in [1.29, 1.82) is 0 Å². The summed E-state index contributed by atoms with van der Waals surface area (Å²) in [5.41, 5.74) is 17.6. The summed E-state index contributed by atoms with van der Waals surface area (Å²) >= 11 is 0. The van der Waals surface area contributed by atoms with Crippen molar-refractivity contribution >= 4 is 71.6 Å². The van der Waals surface area contributed by atoms with Crippen molar-refractivity contribution in [1.82, 2.24) is 4.98 Å². The van der Waals surface area contributed by atoms with Crippen LogP contribution in [0.1, 0.15) is 5.56 Å². The van der Waals surface area contributed by atoms with Crippen molar-refractivity contribution in [2.45, 2.75) is 6.92 Å². The van der Waals surface area contributed by atoms with Gasteiger partial charge in [0.1, 0.15) is 11.2 Å². The van der Waals surface area contributed by atoms with Crippen LogP contribution in [0.15, 0.2) is 223 Å². The highest BCUT2D eigenvalue weighted by molar-refractivity contribution is 6.14. The Bertz CT molecular complexity index is 3680. The van der Waals surface area contributed by atoms with E-state index in [-0.39, 0.29) is 0 Å². The lowest BCUT2D eigenvalue weighted by atomic mass is 9.90. The second-order valence-corrected chi connectivity index (χ2v) is 16.1. The Labute approximate surface area is 359 Å². The fourth-order valence-electron chi connectivity index (χ4n) is 9.72. The first-order valence-electron chi connectivity index (χ1n) is 21.3. The van der Waals surface area contributed by atoms with Crippen LogP contribution in [0.25, 0.3) is 99.0 Å². The summed E-state index contributed by atoms with van der Waals surface area (Å²) in [6.07, 6.45) is 0. The number of nitrogens with zero attached hydrogens (tertiary/aromatic N) is 1. The molecule has 0 saturated heterocycles. The lowest BCUT2D eigenvalue weighted by Crippen LogP contribution is -2.13. The van der Waals surface area contributed by atoms with Crippen LogP contribution in [0.4, 0.5) is 17.1 Å². The SMILES string of the molecule is Cc1ccccc1-c1cc(N(c2ccccc2-c2cccc3ccccc23)c2ccccc2-c2cccc3c2oc2ccccc23)ccc1-c1cccc2c1[nH]c1ccccc12. The number of benzene rings is 10. The number of rotatable bonds is 7. The highest BCUT2D eigenvalue weighted by Gasteiger charge is 2.25. The molecule has 0 atom stereocenters. The van der Waals surface area contributed by atoms with Crippen LogP contribution in [0.2, 0.25) is 0 Å². The second-order valence-electron chi connectivity index (χ2n) is 16.1. The first-order valence-corrected chi connectivity index (χ1v) is 21.3. The number of anilines is 3. The molecule has 292 valence electrons. The lowest BCUT2D eigenvalue weighted by molar-refractivity contribution is 0.670. The Morgan fingerprint density at radius 1 is 0.371 bits per heavy atom. The Hall–Kier alpha value is -8.14. The maximum absolute atomic E-state index is 6.72. The van der Waals surface area contributed by atoms with Gasteiger partial charge in [0.05, 0.1) is 16.9 Å². The van der Waals surface area contributed by atoms with Crippen molar-refractivity contribution < 1.29 is 4.42 Å². The van der Waals surface area contributed by atoms with Crippen molar-refractivity contribution in [3.8, 4) is 44.5 Å². The molecule has 12 rings (SSSR count). The number of furan rings is 1. The van der Waals surface area contributed by atoms with Crippen molar-refractivity contribution in [2.75, 3.05) is 4.90 Å². The number of aromatic amines is 1. The minimum atomic E-state index is 0.880. The van der Waals surface area contributed by atoms with Gasteiger partial charge in [-0.1, -0.05) is 182 Å². The predicted molar refractivity (Wildman–Crippen MR) is 262 cm³/mol. The van der Waals surface area contributed by atoms with Crippen LogP contribution in [-0.4, -0.2) is 4.98 Å². The van der Waals surface area contributed by atoms with Crippen molar-refractivity contribution in [3.05, 3.63) is 224 Å². The fourth-order valence-corrected chi connectivity index (χ4v) is 9.72. The van der Waals surface area contributed by atoms with Gasteiger partial charge in [0, 0.05) is 55.0 Å². The molecule has 12 aromatic rings. The molecule has 62 heavy (non-hydrogen) atoms. The molecule has 3 heteroatoms. The summed E-state index contributed by atoms with van der Waals surface area (Å²) in [6.45, 7) is 2.21. The van der Waals surface area contributed by atoms with E-state index in [2.05, 4.69) is 229 Å². The summed E-state index contributed by atoms with van der Waals surface area (Å²) in [5.74, 6) is 0. The number of H-pyrrole nitrogens is 1. The quantitative estimate of drug-likeness (QED) is 0.174. The zero-order valence-corrected chi connectivity index (χ0v) is 34.1. The molecule has 3 nitrogen and oxygen atoms in total.